The van der Waals surface area contributed by atoms with Crippen molar-refractivity contribution >= 4 is 22.8 Å². The zero-order chi connectivity index (χ0) is 20.7. The Morgan fingerprint density at radius 2 is 1.77 bits per heavy atom. The number of rotatable bonds is 2. The van der Waals surface area contributed by atoms with Crippen molar-refractivity contribution in [2.45, 2.75) is 19.3 Å². The molecule has 1 spiro atoms. The molecule has 0 saturated carbocycles. The first-order valence-corrected chi connectivity index (χ1v) is 9.99. The number of hydrogen-bond donors (Lipinski definition) is 1. The SMILES string of the molecule is O=C(O)N1CCC2(CCN(c3nc(-c4ccncc4)nc4cncc(F)c34)CC2)C1. The van der Waals surface area contributed by atoms with E-state index in [4.69, 9.17) is 4.98 Å². The molecule has 5 heterocycles. The summed E-state index contributed by atoms with van der Waals surface area (Å²) in [5, 5.41) is 9.66. The Balaban J connectivity index is 1.49. The summed E-state index contributed by atoms with van der Waals surface area (Å²) in [5.41, 5.74) is 1.27. The van der Waals surface area contributed by atoms with Crippen LogP contribution in [0.3, 0.4) is 0 Å². The molecule has 30 heavy (non-hydrogen) atoms. The van der Waals surface area contributed by atoms with Crippen molar-refractivity contribution in [3.8, 4) is 11.4 Å². The number of hydrogen-bond acceptors (Lipinski definition) is 6. The van der Waals surface area contributed by atoms with E-state index in [-0.39, 0.29) is 5.41 Å². The number of pyridine rings is 2. The maximum Gasteiger partial charge on any atom is 0.407 e. The first-order valence-electron chi connectivity index (χ1n) is 9.99. The highest BCUT2D eigenvalue weighted by atomic mass is 19.1. The molecule has 0 unspecified atom stereocenters. The third-order valence-electron chi connectivity index (χ3n) is 6.31. The Hall–Kier alpha value is -3.36. The molecule has 3 aromatic rings. The maximum absolute atomic E-state index is 14.7. The van der Waals surface area contributed by atoms with E-state index in [0.717, 1.165) is 24.8 Å². The summed E-state index contributed by atoms with van der Waals surface area (Å²) in [6.45, 7) is 2.54. The van der Waals surface area contributed by atoms with Crippen LogP contribution in [0.25, 0.3) is 22.3 Å². The minimum Gasteiger partial charge on any atom is -0.465 e. The van der Waals surface area contributed by atoms with Crippen LogP contribution in [-0.4, -0.2) is 62.2 Å². The van der Waals surface area contributed by atoms with Crippen molar-refractivity contribution in [3.63, 3.8) is 0 Å². The van der Waals surface area contributed by atoms with Crippen LogP contribution >= 0.6 is 0 Å². The fourth-order valence-corrected chi connectivity index (χ4v) is 4.58. The van der Waals surface area contributed by atoms with E-state index in [0.29, 0.717) is 48.7 Å². The van der Waals surface area contributed by atoms with E-state index >= 15 is 0 Å². The summed E-state index contributed by atoms with van der Waals surface area (Å²) >= 11 is 0. The van der Waals surface area contributed by atoms with E-state index in [2.05, 4.69) is 19.9 Å². The number of fused-ring (bicyclic) bond motifs is 1. The predicted molar refractivity (Wildman–Crippen MR) is 109 cm³/mol. The molecule has 0 radical (unpaired) electrons. The van der Waals surface area contributed by atoms with Crippen LogP contribution in [0.2, 0.25) is 0 Å². The van der Waals surface area contributed by atoms with Gasteiger partial charge in [-0.2, -0.15) is 0 Å². The Bertz CT molecular complexity index is 1100. The second-order valence-corrected chi connectivity index (χ2v) is 8.06. The number of nitrogens with zero attached hydrogens (tertiary/aromatic N) is 6. The van der Waals surface area contributed by atoms with Crippen molar-refractivity contribution in [1.82, 2.24) is 24.8 Å². The molecule has 9 heteroatoms. The molecule has 2 aliphatic heterocycles. The minimum absolute atomic E-state index is 0.00571. The number of likely N-dealkylation sites (tertiary alicyclic amines) is 1. The monoisotopic (exact) mass is 408 g/mol. The van der Waals surface area contributed by atoms with Crippen molar-refractivity contribution < 1.29 is 14.3 Å². The molecule has 2 saturated heterocycles. The van der Waals surface area contributed by atoms with Crippen LogP contribution < -0.4 is 4.90 Å². The lowest BCUT2D eigenvalue weighted by atomic mass is 9.78. The number of aromatic nitrogens is 4. The van der Waals surface area contributed by atoms with Crippen LogP contribution in [0.4, 0.5) is 15.0 Å². The lowest BCUT2D eigenvalue weighted by Crippen LogP contribution is -2.42. The summed E-state index contributed by atoms with van der Waals surface area (Å²) in [6.07, 6.45) is 7.80. The lowest BCUT2D eigenvalue weighted by Gasteiger charge is -2.40. The third-order valence-corrected chi connectivity index (χ3v) is 6.31. The molecule has 154 valence electrons. The van der Waals surface area contributed by atoms with E-state index in [1.807, 2.05) is 12.1 Å². The second kappa shape index (κ2) is 7.16. The number of carboxylic acid groups (broad SMARTS) is 1. The molecule has 0 bridgehead atoms. The van der Waals surface area contributed by atoms with Gasteiger partial charge in [0.2, 0.25) is 0 Å². The van der Waals surface area contributed by atoms with Gasteiger partial charge in [-0.1, -0.05) is 0 Å². The van der Waals surface area contributed by atoms with Gasteiger partial charge in [0.1, 0.15) is 5.82 Å². The molecule has 2 fully saturated rings. The molecular formula is C21H21FN6O2. The molecular weight excluding hydrogens is 387 g/mol. The minimum atomic E-state index is -0.854. The number of anilines is 1. The topological polar surface area (TPSA) is 95.3 Å². The van der Waals surface area contributed by atoms with E-state index in [9.17, 15) is 14.3 Å². The van der Waals surface area contributed by atoms with Gasteiger partial charge in [0, 0.05) is 44.1 Å². The zero-order valence-corrected chi connectivity index (χ0v) is 16.3. The van der Waals surface area contributed by atoms with Crippen molar-refractivity contribution in [2.24, 2.45) is 5.41 Å². The van der Waals surface area contributed by atoms with E-state index < -0.39 is 11.9 Å². The van der Waals surface area contributed by atoms with E-state index in [1.54, 1.807) is 18.6 Å². The molecule has 2 aliphatic rings. The molecule has 3 aromatic heterocycles. The average Bonchev–Trinajstić information content (AvgIpc) is 3.18. The summed E-state index contributed by atoms with van der Waals surface area (Å²) in [7, 11) is 0. The van der Waals surface area contributed by atoms with Gasteiger partial charge in [-0.25, -0.2) is 19.2 Å². The van der Waals surface area contributed by atoms with Gasteiger partial charge in [0.15, 0.2) is 11.6 Å². The smallest absolute Gasteiger partial charge is 0.407 e. The first-order chi connectivity index (χ1) is 14.5. The van der Waals surface area contributed by atoms with Crippen LogP contribution in [0.15, 0.2) is 36.9 Å². The molecule has 0 aliphatic carbocycles. The molecule has 1 N–H and O–H groups in total. The molecule has 0 atom stereocenters. The van der Waals surface area contributed by atoms with Crippen molar-refractivity contribution in [2.75, 3.05) is 31.1 Å². The molecule has 0 aromatic carbocycles. The fraction of sp³-hybridized carbons (Fsp3) is 0.381. The fourth-order valence-electron chi connectivity index (χ4n) is 4.58. The first kappa shape index (κ1) is 18.7. The summed E-state index contributed by atoms with van der Waals surface area (Å²) in [4.78, 5) is 32.2. The van der Waals surface area contributed by atoms with Crippen molar-refractivity contribution in [1.29, 1.82) is 0 Å². The highest BCUT2D eigenvalue weighted by Gasteiger charge is 2.42. The molecule has 8 nitrogen and oxygen atoms in total. The standard InChI is InChI=1S/C21H21FN6O2/c22-15-11-24-12-16-17(15)19(26-18(25-16)14-1-6-23-7-2-14)27-8-3-21(4-9-27)5-10-28(13-21)20(29)30/h1-2,6-7,11-12H,3-5,8-10,13H2,(H,29,30). The Labute approximate surface area is 172 Å². The largest absolute Gasteiger partial charge is 0.465 e. The van der Waals surface area contributed by atoms with Gasteiger partial charge in [-0.3, -0.25) is 9.97 Å². The normalized spacial score (nSPS) is 18.3. The zero-order valence-electron chi connectivity index (χ0n) is 16.3. The van der Waals surface area contributed by atoms with Gasteiger partial charge in [-0.05, 0) is 36.8 Å². The summed E-state index contributed by atoms with van der Waals surface area (Å²) in [6, 6.07) is 3.64. The summed E-state index contributed by atoms with van der Waals surface area (Å²) in [5.74, 6) is 0.627. The number of halogens is 1. The quantitative estimate of drug-likeness (QED) is 0.696. The Morgan fingerprint density at radius 1 is 1.03 bits per heavy atom. The molecule has 5 rings (SSSR count). The Kier molecular flexibility index (Phi) is 4.45. The maximum atomic E-state index is 14.7. The second-order valence-electron chi connectivity index (χ2n) is 8.06. The number of amides is 1. The van der Waals surface area contributed by atoms with Crippen LogP contribution in [-0.2, 0) is 0 Å². The number of piperidine rings is 1. The third kappa shape index (κ3) is 3.20. The molecule has 1 amide bonds. The lowest BCUT2D eigenvalue weighted by molar-refractivity contribution is 0.144. The van der Waals surface area contributed by atoms with Gasteiger partial charge < -0.3 is 14.9 Å². The number of carbonyl (C=O) groups is 1. The van der Waals surface area contributed by atoms with Crippen LogP contribution in [0.1, 0.15) is 19.3 Å². The average molecular weight is 408 g/mol. The van der Waals surface area contributed by atoms with Crippen LogP contribution in [0, 0.1) is 11.2 Å². The highest BCUT2D eigenvalue weighted by Crippen LogP contribution is 2.42. The highest BCUT2D eigenvalue weighted by molar-refractivity contribution is 5.91. The predicted octanol–water partition coefficient (Wildman–Crippen LogP) is 3.20. The van der Waals surface area contributed by atoms with Crippen molar-refractivity contribution in [3.05, 3.63) is 42.7 Å². The van der Waals surface area contributed by atoms with E-state index in [1.165, 1.54) is 11.1 Å². The van der Waals surface area contributed by atoms with Crippen LogP contribution in [0.5, 0.6) is 0 Å². The van der Waals surface area contributed by atoms with Gasteiger partial charge in [0.05, 0.1) is 23.3 Å². The van der Waals surface area contributed by atoms with Gasteiger partial charge >= 0.3 is 6.09 Å². The van der Waals surface area contributed by atoms with Gasteiger partial charge in [-0.15, -0.1) is 0 Å². The van der Waals surface area contributed by atoms with Gasteiger partial charge in [0.25, 0.3) is 0 Å². The Morgan fingerprint density at radius 3 is 2.47 bits per heavy atom. The summed E-state index contributed by atoms with van der Waals surface area (Å²) < 4.78 is 14.7.